The average molecular weight is 365 g/mol. The zero-order valence-electron chi connectivity index (χ0n) is 16.3. The molecule has 1 heterocycles. The molecule has 1 saturated heterocycles. The lowest BCUT2D eigenvalue weighted by Gasteiger charge is -2.37. The van der Waals surface area contributed by atoms with Gasteiger partial charge in [0.2, 0.25) is 5.91 Å². The van der Waals surface area contributed by atoms with Crippen LogP contribution >= 0.6 is 0 Å². The van der Waals surface area contributed by atoms with Gasteiger partial charge in [-0.1, -0.05) is 12.1 Å². The fraction of sp³-hybridized carbons (Fsp3) is 0.364. The lowest BCUT2D eigenvalue weighted by atomic mass is 10.1. The first-order chi connectivity index (χ1) is 13.0. The summed E-state index contributed by atoms with van der Waals surface area (Å²) < 4.78 is 0. The van der Waals surface area contributed by atoms with Gasteiger partial charge in [0, 0.05) is 43.1 Å². The number of benzene rings is 2. The van der Waals surface area contributed by atoms with E-state index in [9.17, 15) is 9.59 Å². The van der Waals surface area contributed by atoms with E-state index in [0.717, 1.165) is 31.9 Å². The van der Waals surface area contributed by atoms with Gasteiger partial charge in [-0.3, -0.25) is 9.59 Å². The van der Waals surface area contributed by atoms with Crippen molar-refractivity contribution in [3.05, 3.63) is 59.2 Å². The molecule has 0 bridgehead atoms. The molecule has 1 amide bonds. The smallest absolute Gasteiger partial charge is 0.241 e. The van der Waals surface area contributed by atoms with E-state index >= 15 is 0 Å². The molecule has 1 fully saturated rings. The SMILES string of the molecule is CC(=O)c1ccc(NCC(=O)N2CCN(c3cccc(C)c3C)CC2)cc1. The van der Waals surface area contributed by atoms with Gasteiger partial charge in [-0.05, 0) is 62.2 Å². The minimum absolute atomic E-state index is 0.0411. The molecule has 1 aliphatic rings. The van der Waals surface area contributed by atoms with E-state index in [1.807, 2.05) is 17.0 Å². The summed E-state index contributed by atoms with van der Waals surface area (Å²) in [6, 6.07) is 13.6. The lowest BCUT2D eigenvalue weighted by Crippen LogP contribution is -2.50. The summed E-state index contributed by atoms with van der Waals surface area (Å²) in [6.07, 6.45) is 0. The third-order valence-corrected chi connectivity index (χ3v) is 5.28. The molecule has 2 aromatic carbocycles. The van der Waals surface area contributed by atoms with Crippen LogP contribution in [0.1, 0.15) is 28.4 Å². The Morgan fingerprint density at radius 1 is 0.963 bits per heavy atom. The van der Waals surface area contributed by atoms with Crippen LogP contribution in [0.5, 0.6) is 0 Å². The van der Waals surface area contributed by atoms with Crippen LogP contribution in [0.4, 0.5) is 11.4 Å². The average Bonchev–Trinajstić information content (AvgIpc) is 2.68. The van der Waals surface area contributed by atoms with Crippen LogP contribution in [0.15, 0.2) is 42.5 Å². The van der Waals surface area contributed by atoms with Crippen molar-refractivity contribution >= 4 is 23.1 Å². The number of nitrogens with one attached hydrogen (secondary N) is 1. The highest BCUT2D eigenvalue weighted by Crippen LogP contribution is 2.23. The van der Waals surface area contributed by atoms with Gasteiger partial charge >= 0.3 is 0 Å². The van der Waals surface area contributed by atoms with Crippen LogP contribution in [0, 0.1) is 13.8 Å². The first-order valence-electron chi connectivity index (χ1n) is 9.39. The summed E-state index contributed by atoms with van der Waals surface area (Å²) >= 11 is 0. The highest BCUT2D eigenvalue weighted by Gasteiger charge is 2.22. The van der Waals surface area contributed by atoms with Crippen LogP contribution in [0.3, 0.4) is 0 Å². The second-order valence-electron chi connectivity index (χ2n) is 7.07. The second-order valence-corrected chi connectivity index (χ2v) is 7.07. The van der Waals surface area contributed by atoms with Crippen molar-refractivity contribution in [1.29, 1.82) is 0 Å². The minimum Gasteiger partial charge on any atom is -0.376 e. The number of amides is 1. The Morgan fingerprint density at radius 3 is 2.26 bits per heavy atom. The van der Waals surface area contributed by atoms with E-state index in [4.69, 9.17) is 0 Å². The summed E-state index contributed by atoms with van der Waals surface area (Å²) in [5.74, 6) is 0.144. The van der Waals surface area contributed by atoms with Crippen molar-refractivity contribution in [3.8, 4) is 0 Å². The number of rotatable bonds is 5. The van der Waals surface area contributed by atoms with Gasteiger partial charge in [0.15, 0.2) is 5.78 Å². The van der Waals surface area contributed by atoms with Crippen molar-refractivity contribution in [1.82, 2.24) is 4.90 Å². The predicted molar refractivity (Wildman–Crippen MR) is 110 cm³/mol. The van der Waals surface area contributed by atoms with E-state index in [-0.39, 0.29) is 18.2 Å². The molecule has 5 heteroatoms. The van der Waals surface area contributed by atoms with E-state index < -0.39 is 0 Å². The molecule has 0 atom stereocenters. The van der Waals surface area contributed by atoms with Crippen molar-refractivity contribution in [2.45, 2.75) is 20.8 Å². The molecule has 0 unspecified atom stereocenters. The summed E-state index contributed by atoms with van der Waals surface area (Å²) in [5, 5.41) is 3.15. The molecule has 0 aromatic heterocycles. The number of carbonyl (C=O) groups is 2. The molecule has 142 valence electrons. The predicted octanol–water partition coefficient (Wildman–Crippen LogP) is 3.27. The Balaban J connectivity index is 1.51. The Bertz CT molecular complexity index is 822. The number of piperazine rings is 1. The third-order valence-electron chi connectivity index (χ3n) is 5.28. The molecule has 0 saturated carbocycles. The van der Waals surface area contributed by atoms with Gasteiger partial charge < -0.3 is 15.1 Å². The Hall–Kier alpha value is -2.82. The molecule has 0 aliphatic carbocycles. The number of Topliss-reactive ketones (excluding diaryl/α,β-unsaturated/α-hetero) is 1. The fourth-order valence-electron chi connectivity index (χ4n) is 3.39. The van der Waals surface area contributed by atoms with Gasteiger partial charge in [-0.15, -0.1) is 0 Å². The molecule has 3 rings (SSSR count). The maximum absolute atomic E-state index is 12.5. The van der Waals surface area contributed by atoms with Gasteiger partial charge in [0.25, 0.3) is 0 Å². The molecular formula is C22H27N3O2. The summed E-state index contributed by atoms with van der Waals surface area (Å²) in [7, 11) is 0. The number of aryl methyl sites for hydroxylation is 1. The zero-order chi connectivity index (χ0) is 19.4. The number of hydrogen-bond donors (Lipinski definition) is 1. The van der Waals surface area contributed by atoms with Gasteiger partial charge in [0.05, 0.1) is 6.54 Å². The fourth-order valence-corrected chi connectivity index (χ4v) is 3.39. The molecule has 0 radical (unpaired) electrons. The topological polar surface area (TPSA) is 52.7 Å². The standard InChI is InChI=1S/C22H27N3O2/c1-16-5-4-6-21(17(16)2)24-11-13-25(14-12-24)22(27)15-23-20-9-7-19(8-10-20)18(3)26/h4-10,23H,11-15H2,1-3H3. The third kappa shape index (κ3) is 4.48. The molecule has 0 spiro atoms. The summed E-state index contributed by atoms with van der Waals surface area (Å²) in [5.41, 5.74) is 5.40. The number of carbonyl (C=O) groups excluding carboxylic acids is 2. The van der Waals surface area contributed by atoms with Gasteiger partial charge in [0.1, 0.15) is 0 Å². The second kappa shape index (κ2) is 8.25. The van der Waals surface area contributed by atoms with Gasteiger partial charge in [-0.25, -0.2) is 0 Å². The molecule has 2 aromatic rings. The first-order valence-corrected chi connectivity index (χ1v) is 9.39. The number of ketones is 1. The maximum atomic E-state index is 12.5. The van der Waals surface area contributed by atoms with Crippen LogP contribution in [0.25, 0.3) is 0 Å². The Kier molecular flexibility index (Phi) is 5.79. The van der Waals surface area contributed by atoms with Crippen molar-refractivity contribution in [3.63, 3.8) is 0 Å². The van der Waals surface area contributed by atoms with Crippen molar-refractivity contribution < 1.29 is 9.59 Å². The van der Waals surface area contributed by atoms with Gasteiger partial charge in [-0.2, -0.15) is 0 Å². The quantitative estimate of drug-likeness (QED) is 0.827. The summed E-state index contributed by atoms with van der Waals surface area (Å²) in [6.45, 7) is 9.27. The van der Waals surface area contributed by atoms with Crippen molar-refractivity contribution in [2.75, 3.05) is 42.9 Å². The Morgan fingerprint density at radius 2 is 1.63 bits per heavy atom. The van der Waals surface area contributed by atoms with Crippen molar-refractivity contribution in [2.24, 2.45) is 0 Å². The molecule has 5 nitrogen and oxygen atoms in total. The largest absolute Gasteiger partial charge is 0.376 e. The summed E-state index contributed by atoms with van der Waals surface area (Å²) in [4.78, 5) is 28.1. The maximum Gasteiger partial charge on any atom is 0.241 e. The van der Waals surface area contributed by atoms with Crippen LogP contribution < -0.4 is 10.2 Å². The minimum atomic E-state index is 0.0411. The number of nitrogens with zero attached hydrogens (tertiary/aromatic N) is 2. The van der Waals surface area contributed by atoms with E-state index in [1.165, 1.54) is 16.8 Å². The Labute approximate surface area is 161 Å². The lowest BCUT2D eigenvalue weighted by molar-refractivity contribution is -0.129. The number of anilines is 2. The van der Waals surface area contributed by atoms with E-state index in [1.54, 1.807) is 19.1 Å². The number of hydrogen-bond acceptors (Lipinski definition) is 4. The molecular weight excluding hydrogens is 338 g/mol. The molecule has 1 aliphatic heterocycles. The van der Waals surface area contributed by atoms with E-state index in [0.29, 0.717) is 5.56 Å². The van der Waals surface area contributed by atoms with Crippen LogP contribution in [-0.2, 0) is 4.79 Å². The highest BCUT2D eigenvalue weighted by atomic mass is 16.2. The zero-order valence-corrected chi connectivity index (χ0v) is 16.3. The van der Waals surface area contributed by atoms with E-state index in [2.05, 4.69) is 42.3 Å². The van der Waals surface area contributed by atoms with Crippen LogP contribution in [0.2, 0.25) is 0 Å². The highest BCUT2D eigenvalue weighted by molar-refractivity contribution is 5.94. The molecule has 27 heavy (non-hydrogen) atoms. The normalized spacial score (nSPS) is 14.2. The molecule has 1 N–H and O–H groups in total. The first kappa shape index (κ1) is 19.0. The van der Waals surface area contributed by atoms with Crippen LogP contribution in [-0.4, -0.2) is 49.3 Å². The monoisotopic (exact) mass is 365 g/mol.